The molecule has 0 unspecified atom stereocenters. The first-order valence-corrected chi connectivity index (χ1v) is 9.23. The van der Waals surface area contributed by atoms with Crippen LogP contribution in [-0.2, 0) is 16.1 Å². The molecule has 4 rings (SSSR count). The van der Waals surface area contributed by atoms with Gasteiger partial charge in [0.2, 0.25) is 5.91 Å². The summed E-state index contributed by atoms with van der Waals surface area (Å²) in [7, 11) is 0. The fourth-order valence-corrected chi connectivity index (χ4v) is 3.78. The Bertz CT molecular complexity index is 933. The molecule has 8 nitrogen and oxygen atoms in total. The number of nitrogens with zero attached hydrogens (tertiary/aromatic N) is 3. The predicted octanol–water partition coefficient (Wildman–Crippen LogP) is 1.18. The van der Waals surface area contributed by atoms with E-state index in [9.17, 15) is 14.4 Å². The fourth-order valence-electron chi connectivity index (χ4n) is 3.78. The van der Waals surface area contributed by atoms with Gasteiger partial charge >= 0.3 is 6.03 Å². The Morgan fingerprint density at radius 2 is 2.07 bits per heavy atom. The van der Waals surface area contributed by atoms with Crippen LogP contribution < -0.4 is 10.6 Å². The van der Waals surface area contributed by atoms with Crippen molar-refractivity contribution >= 4 is 28.9 Å². The zero-order valence-corrected chi connectivity index (χ0v) is 15.5. The van der Waals surface area contributed by atoms with Crippen molar-refractivity contribution in [3.63, 3.8) is 0 Å². The lowest BCUT2D eigenvalue weighted by atomic mass is 9.96. The van der Waals surface area contributed by atoms with E-state index in [1.807, 2.05) is 35.8 Å². The molecule has 1 aromatic carbocycles. The molecular formula is C19H23N5O3. The Labute approximate surface area is 156 Å². The maximum absolute atomic E-state index is 12.6. The van der Waals surface area contributed by atoms with Crippen LogP contribution in [0.1, 0.15) is 25.6 Å². The Kier molecular flexibility index (Phi) is 4.13. The summed E-state index contributed by atoms with van der Waals surface area (Å²) in [4.78, 5) is 42.4. The first-order valence-electron chi connectivity index (χ1n) is 9.23. The van der Waals surface area contributed by atoms with Crippen LogP contribution in [0.3, 0.4) is 0 Å². The third-order valence-corrected chi connectivity index (χ3v) is 5.50. The van der Waals surface area contributed by atoms with E-state index >= 15 is 0 Å². The van der Waals surface area contributed by atoms with E-state index < -0.39 is 11.6 Å². The Morgan fingerprint density at radius 1 is 1.33 bits per heavy atom. The number of fused-ring (bicyclic) bond motifs is 1. The zero-order chi connectivity index (χ0) is 19.2. The van der Waals surface area contributed by atoms with E-state index in [4.69, 9.17) is 0 Å². The number of imide groups is 1. The molecule has 2 N–H and O–H groups in total. The van der Waals surface area contributed by atoms with Crippen molar-refractivity contribution < 1.29 is 14.4 Å². The van der Waals surface area contributed by atoms with Crippen LogP contribution in [0.15, 0.2) is 24.3 Å². The minimum absolute atomic E-state index is 0.180. The van der Waals surface area contributed by atoms with E-state index in [0.717, 1.165) is 34.6 Å². The number of hydrogen-bond donors (Lipinski definition) is 2. The molecule has 2 heterocycles. The van der Waals surface area contributed by atoms with Crippen molar-refractivity contribution in [1.82, 2.24) is 25.1 Å². The molecule has 142 valence electrons. The first-order chi connectivity index (χ1) is 12.9. The molecule has 0 radical (unpaired) electrons. The first kappa shape index (κ1) is 17.5. The summed E-state index contributed by atoms with van der Waals surface area (Å²) in [6, 6.07) is 7.34. The molecule has 27 heavy (non-hydrogen) atoms. The summed E-state index contributed by atoms with van der Waals surface area (Å²) in [5.74, 6) is 0.404. The zero-order valence-electron chi connectivity index (χ0n) is 15.5. The number of para-hydroxylation sites is 2. The van der Waals surface area contributed by atoms with Gasteiger partial charge in [-0.1, -0.05) is 12.1 Å². The molecule has 1 saturated heterocycles. The van der Waals surface area contributed by atoms with Gasteiger partial charge in [0.15, 0.2) is 0 Å². The number of carbonyl (C=O) groups excluding carboxylic acids is 3. The van der Waals surface area contributed by atoms with Crippen molar-refractivity contribution in [2.45, 2.75) is 38.8 Å². The number of hydrogen-bond acceptors (Lipinski definition) is 4. The third kappa shape index (κ3) is 3.05. The van der Waals surface area contributed by atoms with Crippen molar-refractivity contribution in [2.75, 3.05) is 13.1 Å². The minimum Gasteiger partial charge on any atom is -0.353 e. The smallest absolute Gasteiger partial charge is 0.325 e. The van der Waals surface area contributed by atoms with Gasteiger partial charge in [0.25, 0.3) is 5.91 Å². The molecule has 1 aromatic heterocycles. The maximum atomic E-state index is 12.6. The average Bonchev–Trinajstić information content (AvgIpc) is 3.41. The summed E-state index contributed by atoms with van der Waals surface area (Å²) in [5, 5.41) is 5.54. The van der Waals surface area contributed by atoms with E-state index in [-0.39, 0.29) is 24.3 Å². The van der Waals surface area contributed by atoms with Crippen LogP contribution in [0.5, 0.6) is 0 Å². The van der Waals surface area contributed by atoms with Crippen molar-refractivity contribution in [2.24, 2.45) is 5.92 Å². The van der Waals surface area contributed by atoms with Crippen LogP contribution in [0, 0.1) is 12.8 Å². The predicted molar refractivity (Wildman–Crippen MR) is 98.9 cm³/mol. The minimum atomic E-state index is -0.857. The monoisotopic (exact) mass is 369 g/mol. The van der Waals surface area contributed by atoms with Gasteiger partial charge < -0.3 is 15.2 Å². The van der Waals surface area contributed by atoms with Crippen LogP contribution in [0.2, 0.25) is 0 Å². The molecule has 1 saturated carbocycles. The summed E-state index contributed by atoms with van der Waals surface area (Å²) >= 11 is 0. The van der Waals surface area contributed by atoms with Crippen LogP contribution in [0.4, 0.5) is 4.79 Å². The number of benzene rings is 1. The molecule has 8 heteroatoms. The van der Waals surface area contributed by atoms with Crippen LogP contribution in [0.25, 0.3) is 11.0 Å². The van der Waals surface area contributed by atoms with E-state index in [2.05, 4.69) is 15.6 Å². The number of aromatic nitrogens is 2. The molecule has 1 atom stereocenters. The van der Waals surface area contributed by atoms with Gasteiger partial charge in [0.1, 0.15) is 17.9 Å². The van der Waals surface area contributed by atoms with E-state index in [1.165, 1.54) is 0 Å². The highest BCUT2D eigenvalue weighted by molar-refractivity contribution is 6.09. The third-order valence-electron chi connectivity index (χ3n) is 5.50. The number of urea groups is 1. The molecule has 0 spiro atoms. The molecule has 2 aromatic rings. The van der Waals surface area contributed by atoms with Crippen LogP contribution in [-0.4, -0.2) is 50.9 Å². The van der Waals surface area contributed by atoms with Crippen molar-refractivity contribution in [3.05, 3.63) is 30.1 Å². The number of rotatable bonds is 6. The molecule has 4 amide bonds. The van der Waals surface area contributed by atoms with Crippen molar-refractivity contribution in [1.29, 1.82) is 0 Å². The lowest BCUT2D eigenvalue weighted by Crippen LogP contribution is -2.47. The van der Waals surface area contributed by atoms with Gasteiger partial charge in [-0.3, -0.25) is 14.5 Å². The highest BCUT2D eigenvalue weighted by atomic mass is 16.2. The molecule has 2 fully saturated rings. The summed E-state index contributed by atoms with van der Waals surface area (Å²) < 4.78 is 2.04. The molecule has 0 bridgehead atoms. The number of aryl methyl sites for hydroxylation is 1. The van der Waals surface area contributed by atoms with Gasteiger partial charge in [-0.05, 0) is 44.7 Å². The molecule has 2 aliphatic rings. The maximum Gasteiger partial charge on any atom is 0.325 e. The highest BCUT2D eigenvalue weighted by Crippen LogP contribution is 2.42. The number of imidazole rings is 1. The lowest BCUT2D eigenvalue weighted by Gasteiger charge is -2.20. The normalized spacial score (nSPS) is 22.4. The van der Waals surface area contributed by atoms with Crippen molar-refractivity contribution in [3.8, 4) is 0 Å². The number of carbonyl (C=O) groups is 3. The van der Waals surface area contributed by atoms with E-state index in [1.54, 1.807) is 6.92 Å². The molecule has 1 aliphatic carbocycles. The van der Waals surface area contributed by atoms with Gasteiger partial charge in [-0.2, -0.15) is 0 Å². The SMILES string of the molecule is Cc1nc2ccccc2n1CCNC(=O)CN1C(=O)N[C@](C)(C2CC2)C1=O. The topological polar surface area (TPSA) is 96.3 Å². The fraction of sp³-hybridized carbons (Fsp3) is 0.474. The second kappa shape index (κ2) is 6.37. The van der Waals surface area contributed by atoms with Gasteiger partial charge in [0.05, 0.1) is 11.0 Å². The standard InChI is InChI=1S/C19H23N5O3/c1-12-21-14-5-3-4-6-15(14)23(12)10-9-20-16(25)11-24-17(26)19(2,13-7-8-13)22-18(24)27/h3-6,13H,7-11H2,1-2H3,(H,20,25)(H,22,27)/t19-/m1/s1. The van der Waals surface area contributed by atoms with Crippen LogP contribution >= 0.6 is 0 Å². The highest BCUT2D eigenvalue weighted by Gasteiger charge is 2.56. The Balaban J connectivity index is 1.34. The largest absolute Gasteiger partial charge is 0.353 e. The molecular weight excluding hydrogens is 346 g/mol. The summed E-state index contributed by atoms with van der Waals surface area (Å²) in [5.41, 5.74) is 1.07. The quantitative estimate of drug-likeness (QED) is 0.748. The molecule has 1 aliphatic heterocycles. The second-order valence-corrected chi connectivity index (χ2v) is 7.45. The van der Waals surface area contributed by atoms with Gasteiger partial charge in [-0.15, -0.1) is 0 Å². The summed E-state index contributed by atoms with van der Waals surface area (Å²) in [6.07, 6.45) is 1.86. The number of amides is 4. The second-order valence-electron chi connectivity index (χ2n) is 7.45. The number of nitrogens with one attached hydrogen (secondary N) is 2. The Morgan fingerprint density at radius 3 is 2.81 bits per heavy atom. The van der Waals surface area contributed by atoms with Gasteiger partial charge in [-0.25, -0.2) is 9.78 Å². The summed E-state index contributed by atoms with van der Waals surface area (Å²) in [6.45, 7) is 4.38. The van der Waals surface area contributed by atoms with E-state index in [0.29, 0.717) is 13.1 Å². The Hall–Kier alpha value is -2.90. The van der Waals surface area contributed by atoms with Gasteiger partial charge in [0, 0.05) is 13.1 Å². The average molecular weight is 369 g/mol. The lowest BCUT2D eigenvalue weighted by molar-refractivity contribution is -0.135.